The van der Waals surface area contributed by atoms with E-state index in [1.807, 2.05) is 13.8 Å². The van der Waals surface area contributed by atoms with Crippen LogP contribution in [0.25, 0.3) is 0 Å². The maximum atomic E-state index is 5.98. The molecule has 0 aliphatic heterocycles. The van der Waals surface area contributed by atoms with Crippen LogP contribution in [0.4, 0.5) is 0 Å². The fourth-order valence-electron chi connectivity index (χ4n) is 1.05. The third-order valence-electron chi connectivity index (χ3n) is 1.61. The van der Waals surface area contributed by atoms with Crippen LogP contribution < -0.4 is 9.47 Å². The van der Waals surface area contributed by atoms with E-state index in [2.05, 4.69) is 0 Å². The van der Waals surface area contributed by atoms with Crippen LogP contribution in [0.3, 0.4) is 0 Å². The molecule has 4 heteroatoms. The predicted octanol–water partition coefficient (Wildman–Crippen LogP) is 3.79. The third-order valence-corrected chi connectivity index (χ3v) is 2.46. The van der Waals surface area contributed by atoms with Gasteiger partial charge in [0.15, 0.2) is 0 Å². The number of hydrogen-bond acceptors (Lipinski definition) is 2. The van der Waals surface area contributed by atoms with Crippen molar-refractivity contribution in [1.29, 1.82) is 0 Å². The molecular formula is C10H12Cl2O2. The molecule has 0 spiro atoms. The van der Waals surface area contributed by atoms with E-state index in [-0.39, 0.29) is 0 Å². The first-order valence-electron chi connectivity index (χ1n) is 4.44. The van der Waals surface area contributed by atoms with Crippen molar-refractivity contribution < 1.29 is 9.47 Å². The van der Waals surface area contributed by atoms with E-state index in [1.165, 1.54) is 0 Å². The zero-order chi connectivity index (χ0) is 10.6. The van der Waals surface area contributed by atoms with Crippen molar-refractivity contribution in [3.63, 3.8) is 0 Å². The second kappa shape index (κ2) is 5.32. The minimum absolute atomic E-state index is 0.402. The Morgan fingerprint density at radius 2 is 1.29 bits per heavy atom. The van der Waals surface area contributed by atoms with E-state index in [0.29, 0.717) is 34.8 Å². The summed E-state index contributed by atoms with van der Waals surface area (Å²) >= 11 is 12.0. The van der Waals surface area contributed by atoms with Crippen LogP contribution in [-0.4, -0.2) is 13.2 Å². The Labute approximate surface area is 93.7 Å². The Morgan fingerprint density at radius 3 is 1.57 bits per heavy atom. The van der Waals surface area contributed by atoms with E-state index in [0.717, 1.165) is 0 Å². The number of benzene rings is 1. The van der Waals surface area contributed by atoms with E-state index in [4.69, 9.17) is 32.7 Å². The summed E-state index contributed by atoms with van der Waals surface area (Å²) in [5, 5.41) is 0.805. The minimum Gasteiger partial charge on any atom is -0.492 e. The van der Waals surface area contributed by atoms with Crippen molar-refractivity contribution in [2.45, 2.75) is 13.8 Å². The highest BCUT2D eigenvalue weighted by Crippen LogP contribution is 2.38. The maximum Gasteiger partial charge on any atom is 0.139 e. The highest BCUT2D eigenvalue weighted by Gasteiger charge is 2.11. The van der Waals surface area contributed by atoms with Gasteiger partial charge in [-0.3, -0.25) is 0 Å². The molecule has 1 aromatic carbocycles. The van der Waals surface area contributed by atoms with Crippen LogP contribution in [0.2, 0.25) is 10.0 Å². The predicted molar refractivity (Wildman–Crippen MR) is 58.8 cm³/mol. The van der Waals surface area contributed by atoms with Crippen LogP contribution >= 0.6 is 23.2 Å². The molecule has 0 N–H and O–H groups in total. The molecule has 1 aromatic rings. The molecule has 2 nitrogen and oxygen atoms in total. The molecule has 0 aliphatic carbocycles. The van der Waals surface area contributed by atoms with E-state index in [9.17, 15) is 0 Å². The number of ether oxygens (including phenoxy) is 2. The van der Waals surface area contributed by atoms with Gasteiger partial charge in [-0.05, 0) is 26.0 Å². The molecule has 0 aliphatic rings. The average Bonchev–Trinajstić information content (AvgIpc) is 2.18. The van der Waals surface area contributed by atoms with Gasteiger partial charge in [-0.25, -0.2) is 0 Å². The summed E-state index contributed by atoms with van der Waals surface area (Å²) in [4.78, 5) is 0. The van der Waals surface area contributed by atoms with Gasteiger partial charge in [-0.15, -0.1) is 0 Å². The SMILES string of the molecule is CCOc1ccc(OCC)c(Cl)c1Cl. The summed E-state index contributed by atoms with van der Waals surface area (Å²) in [6, 6.07) is 3.51. The van der Waals surface area contributed by atoms with Gasteiger partial charge in [-0.2, -0.15) is 0 Å². The molecule has 0 saturated carbocycles. The first-order valence-corrected chi connectivity index (χ1v) is 5.19. The topological polar surface area (TPSA) is 18.5 Å². The summed E-state index contributed by atoms with van der Waals surface area (Å²) in [6.45, 7) is 4.90. The molecule has 0 heterocycles. The summed E-state index contributed by atoms with van der Waals surface area (Å²) in [5.41, 5.74) is 0. The lowest BCUT2D eigenvalue weighted by atomic mass is 10.3. The van der Waals surface area contributed by atoms with E-state index in [1.54, 1.807) is 12.1 Å². The Hall–Kier alpha value is -0.600. The highest BCUT2D eigenvalue weighted by molar-refractivity contribution is 6.43. The van der Waals surface area contributed by atoms with E-state index >= 15 is 0 Å². The van der Waals surface area contributed by atoms with Gasteiger partial charge in [0, 0.05) is 0 Å². The summed E-state index contributed by atoms with van der Waals surface area (Å²) in [6.07, 6.45) is 0. The molecule has 0 amide bonds. The lowest BCUT2D eigenvalue weighted by molar-refractivity contribution is 0.331. The second-order valence-electron chi connectivity index (χ2n) is 2.56. The zero-order valence-electron chi connectivity index (χ0n) is 8.14. The molecule has 0 atom stereocenters. The normalized spacial score (nSPS) is 10.0. The molecule has 1 rings (SSSR count). The first kappa shape index (κ1) is 11.5. The van der Waals surface area contributed by atoms with Gasteiger partial charge in [0.1, 0.15) is 21.5 Å². The quantitative estimate of drug-likeness (QED) is 0.790. The Kier molecular flexibility index (Phi) is 4.36. The lowest BCUT2D eigenvalue weighted by Crippen LogP contribution is -1.96. The van der Waals surface area contributed by atoms with Gasteiger partial charge in [0.25, 0.3) is 0 Å². The lowest BCUT2D eigenvalue weighted by Gasteiger charge is -2.10. The standard InChI is InChI=1S/C10H12Cl2O2/c1-3-13-7-5-6-8(14-4-2)10(12)9(7)11/h5-6H,3-4H2,1-2H3. The number of rotatable bonds is 4. The van der Waals surface area contributed by atoms with Crippen molar-refractivity contribution >= 4 is 23.2 Å². The van der Waals surface area contributed by atoms with E-state index < -0.39 is 0 Å². The van der Waals surface area contributed by atoms with Crippen LogP contribution in [0, 0.1) is 0 Å². The summed E-state index contributed by atoms with van der Waals surface area (Å²) in [7, 11) is 0. The zero-order valence-corrected chi connectivity index (χ0v) is 9.65. The molecular weight excluding hydrogens is 223 g/mol. The highest BCUT2D eigenvalue weighted by atomic mass is 35.5. The fourth-order valence-corrected chi connectivity index (χ4v) is 1.47. The third kappa shape index (κ3) is 2.46. The molecule has 0 bridgehead atoms. The van der Waals surface area contributed by atoms with Gasteiger partial charge >= 0.3 is 0 Å². The van der Waals surface area contributed by atoms with Crippen molar-refractivity contribution in [2.24, 2.45) is 0 Å². The number of hydrogen-bond donors (Lipinski definition) is 0. The van der Waals surface area contributed by atoms with Crippen LogP contribution in [0.1, 0.15) is 13.8 Å². The minimum atomic E-state index is 0.402. The van der Waals surface area contributed by atoms with Crippen LogP contribution in [0.5, 0.6) is 11.5 Å². The molecule has 0 aromatic heterocycles. The molecule has 78 valence electrons. The summed E-state index contributed by atoms with van der Waals surface area (Å²) in [5.74, 6) is 1.17. The van der Waals surface area contributed by atoms with Gasteiger partial charge in [-0.1, -0.05) is 23.2 Å². The number of halogens is 2. The van der Waals surface area contributed by atoms with Crippen molar-refractivity contribution in [2.75, 3.05) is 13.2 Å². The van der Waals surface area contributed by atoms with Crippen molar-refractivity contribution in [3.8, 4) is 11.5 Å². The maximum absolute atomic E-state index is 5.98. The Morgan fingerprint density at radius 1 is 0.929 bits per heavy atom. The van der Waals surface area contributed by atoms with Gasteiger partial charge < -0.3 is 9.47 Å². The molecule has 0 saturated heterocycles. The summed E-state index contributed by atoms with van der Waals surface area (Å²) < 4.78 is 10.6. The van der Waals surface area contributed by atoms with Gasteiger partial charge in [0.2, 0.25) is 0 Å². The smallest absolute Gasteiger partial charge is 0.139 e. The monoisotopic (exact) mass is 234 g/mol. The molecule has 0 radical (unpaired) electrons. The van der Waals surface area contributed by atoms with Crippen LogP contribution in [-0.2, 0) is 0 Å². The largest absolute Gasteiger partial charge is 0.492 e. The van der Waals surface area contributed by atoms with Crippen LogP contribution in [0.15, 0.2) is 12.1 Å². The Bertz CT molecular complexity index is 282. The van der Waals surface area contributed by atoms with Gasteiger partial charge in [0.05, 0.1) is 13.2 Å². The molecule has 0 unspecified atom stereocenters. The molecule has 0 fully saturated rings. The average molecular weight is 235 g/mol. The second-order valence-corrected chi connectivity index (χ2v) is 3.31. The Balaban J connectivity index is 2.99. The van der Waals surface area contributed by atoms with Crippen molar-refractivity contribution in [3.05, 3.63) is 22.2 Å². The molecule has 14 heavy (non-hydrogen) atoms. The van der Waals surface area contributed by atoms with Crippen molar-refractivity contribution in [1.82, 2.24) is 0 Å². The first-order chi connectivity index (χ1) is 6.70. The fraction of sp³-hybridized carbons (Fsp3) is 0.400.